The fraction of sp³-hybridized carbons (Fsp3) is 0.118. The van der Waals surface area contributed by atoms with E-state index in [0.29, 0.717) is 15.8 Å². The van der Waals surface area contributed by atoms with Crippen molar-refractivity contribution in [2.45, 2.75) is 6.92 Å². The summed E-state index contributed by atoms with van der Waals surface area (Å²) in [5.41, 5.74) is 1.63. The van der Waals surface area contributed by atoms with Crippen LogP contribution in [0.2, 0.25) is 10.0 Å². The van der Waals surface area contributed by atoms with E-state index < -0.39 is 0 Å². The van der Waals surface area contributed by atoms with Crippen molar-refractivity contribution in [2.75, 3.05) is 11.9 Å². The molecule has 0 atom stereocenters. The highest BCUT2D eigenvalue weighted by molar-refractivity contribution is 6.36. The largest absolute Gasteiger partial charge is 0.488 e. The lowest BCUT2D eigenvalue weighted by Gasteiger charge is -2.08. The number of rotatable bonds is 5. The van der Waals surface area contributed by atoms with E-state index in [4.69, 9.17) is 27.9 Å². The zero-order chi connectivity index (χ0) is 15.9. The molecule has 1 amide bonds. The lowest BCUT2D eigenvalue weighted by molar-refractivity contribution is -0.111. The fourth-order valence-electron chi connectivity index (χ4n) is 1.74. The minimum Gasteiger partial charge on any atom is -0.488 e. The Bertz CT molecular complexity index is 685. The van der Waals surface area contributed by atoms with Gasteiger partial charge < -0.3 is 10.1 Å². The third-order valence-electron chi connectivity index (χ3n) is 2.86. The van der Waals surface area contributed by atoms with Crippen LogP contribution in [-0.4, -0.2) is 12.5 Å². The minimum atomic E-state index is -0.215. The molecule has 0 heterocycles. The van der Waals surface area contributed by atoms with Crippen LogP contribution in [-0.2, 0) is 4.79 Å². The molecular formula is C17H15Cl2NO2. The summed E-state index contributed by atoms with van der Waals surface area (Å²) in [6.45, 7) is 2.11. The first-order chi connectivity index (χ1) is 10.6. The molecule has 0 radical (unpaired) electrons. The van der Waals surface area contributed by atoms with Crippen LogP contribution in [0, 0.1) is 6.92 Å². The number of nitrogens with one attached hydrogen (secondary N) is 1. The van der Waals surface area contributed by atoms with Gasteiger partial charge >= 0.3 is 0 Å². The lowest BCUT2D eigenvalue weighted by atomic mass is 10.2. The number of benzene rings is 2. The Kier molecular flexibility index (Phi) is 5.87. The SMILES string of the molecule is Cc1cc(OCC=CC(=O)Nc2ccccc2)c(Cl)cc1Cl. The second-order valence-corrected chi connectivity index (χ2v) is 5.41. The predicted molar refractivity (Wildman–Crippen MR) is 90.9 cm³/mol. The van der Waals surface area contributed by atoms with Crippen molar-refractivity contribution in [3.05, 3.63) is 70.2 Å². The van der Waals surface area contributed by atoms with Gasteiger partial charge in [-0.25, -0.2) is 0 Å². The highest BCUT2D eigenvalue weighted by Crippen LogP contribution is 2.30. The number of hydrogen-bond acceptors (Lipinski definition) is 2. The summed E-state index contributed by atoms with van der Waals surface area (Å²) in [6, 6.07) is 12.6. The lowest BCUT2D eigenvalue weighted by Crippen LogP contribution is -2.08. The number of anilines is 1. The van der Waals surface area contributed by atoms with Crippen molar-refractivity contribution in [1.82, 2.24) is 0 Å². The molecule has 0 aliphatic rings. The van der Waals surface area contributed by atoms with E-state index in [1.807, 2.05) is 37.3 Å². The summed E-state index contributed by atoms with van der Waals surface area (Å²) in [4.78, 5) is 11.7. The molecule has 0 aliphatic heterocycles. The van der Waals surface area contributed by atoms with Crippen LogP contribution in [0.4, 0.5) is 5.69 Å². The van der Waals surface area contributed by atoms with Gasteiger partial charge in [0, 0.05) is 16.8 Å². The van der Waals surface area contributed by atoms with E-state index in [1.54, 1.807) is 18.2 Å². The molecule has 0 bridgehead atoms. The maximum Gasteiger partial charge on any atom is 0.248 e. The van der Waals surface area contributed by atoms with Crippen molar-refractivity contribution in [3.63, 3.8) is 0 Å². The first kappa shape index (κ1) is 16.4. The van der Waals surface area contributed by atoms with Crippen LogP contribution in [0.1, 0.15) is 5.56 Å². The first-order valence-electron chi connectivity index (χ1n) is 6.67. The summed E-state index contributed by atoms with van der Waals surface area (Å²) in [6.07, 6.45) is 3.04. The zero-order valence-electron chi connectivity index (χ0n) is 12.0. The highest BCUT2D eigenvalue weighted by atomic mass is 35.5. The molecule has 0 saturated heterocycles. The molecule has 114 valence electrons. The number of amides is 1. The van der Waals surface area contributed by atoms with Gasteiger partial charge in [0.05, 0.1) is 5.02 Å². The van der Waals surface area contributed by atoms with Gasteiger partial charge in [-0.3, -0.25) is 4.79 Å². The van der Waals surface area contributed by atoms with E-state index >= 15 is 0 Å². The van der Waals surface area contributed by atoms with Crippen molar-refractivity contribution in [2.24, 2.45) is 0 Å². The van der Waals surface area contributed by atoms with Gasteiger partial charge in [-0.05, 0) is 42.8 Å². The minimum absolute atomic E-state index is 0.215. The van der Waals surface area contributed by atoms with E-state index in [1.165, 1.54) is 6.08 Å². The van der Waals surface area contributed by atoms with Gasteiger partial charge in [-0.2, -0.15) is 0 Å². The predicted octanol–water partition coefficient (Wildman–Crippen LogP) is 4.88. The molecule has 2 aromatic rings. The van der Waals surface area contributed by atoms with Crippen LogP contribution >= 0.6 is 23.2 Å². The smallest absolute Gasteiger partial charge is 0.248 e. The summed E-state index contributed by atoms with van der Waals surface area (Å²) in [5.74, 6) is 0.324. The van der Waals surface area contributed by atoms with Crippen molar-refractivity contribution >= 4 is 34.8 Å². The van der Waals surface area contributed by atoms with Gasteiger partial charge in [0.25, 0.3) is 0 Å². The molecule has 2 rings (SSSR count). The van der Waals surface area contributed by atoms with E-state index in [2.05, 4.69) is 5.32 Å². The number of aryl methyl sites for hydroxylation is 1. The molecule has 0 aliphatic carbocycles. The zero-order valence-corrected chi connectivity index (χ0v) is 13.5. The van der Waals surface area contributed by atoms with E-state index in [-0.39, 0.29) is 12.5 Å². The third kappa shape index (κ3) is 4.79. The number of carbonyl (C=O) groups is 1. The normalized spacial score (nSPS) is 10.7. The molecule has 5 heteroatoms. The fourth-order valence-corrected chi connectivity index (χ4v) is 2.18. The topological polar surface area (TPSA) is 38.3 Å². The monoisotopic (exact) mass is 335 g/mol. The molecule has 0 spiro atoms. The van der Waals surface area contributed by atoms with Crippen LogP contribution in [0.15, 0.2) is 54.6 Å². The maximum absolute atomic E-state index is 11.7. The van der Waals surface area contributed by atoms with Crippen LogP contribution in [0.3, 0.4) is 0 Å². The van der Waals surface area contributed by atoms with Gasteiger partial charge in [0.15, 0.2) is 0 Å². The Morgan fingerprint density at radius 2 is 1.91 bits per heavy atom. The van der Waals surface area contributed by atoms with Gasteiger partial charge in [0.1, 0.15) is 12.4 Å². The molecular weight excluding hydrogens is 321 g/mol. The number of ether oxygens (including phenoxy) is 1. The molecule has 1 N–H and O–H groups in total. The Balaban J connectivity index is 1.85. The van der Waals surface area contributed by atoms with Crippen LogP contribution < -0.4 is 10.1 Å². The average Bonchev–Trinajstić information content (AvgIpc) is 2.49. The average molecular weight is 336 g/mol. The maximum atomic E-state index is 11.7. The third-order valence-corrected chi connectivity index (χ3v) is 3.56. The number of hydrogen-bond donors (Lipinski definition) is 1. The van der Waals surface area contributed by atoms with Crippen molar-refractivity contribution < 1.29 is 9.53 Å². The van der Waals surface area contributed by atoms with Crippen molar-refractivity contribution in [3.8, 4) is 5.75 Å². The number of carbonyl (C=O) groups excluding carboxylic acids is 1. The molecule has 0 unspecified atom stereocenters. The highest BCUT2D eigenvalue weighted by Gasteiger charge is 2.05. The Labute approximate surface area is 139 Å². The molecule has 22 heavy (non-hydrogen) atoms. The Morgan fingerprint density at radius 3 is 2.64 bits per heavy atom. The molecule has 0 saturated carbocycles. The van der Waals surface area contributed by atoms with Crippen LogP contribution in [0.5, 0.6) is 5.75 Å². The van der Waals surface area contributed by atoms with E-state index in [9.17, 15) is 4.79 Å². The molecule has 2 aromatic carbocycles. The number of para-hydroxylation sites is 1. The standard InChI is InChI=1S/C17H15Cl2NO2/c1-12-10-16(15(19)11-14(12)18)22-9-5-8-17(21)20-13-6-3-2-4-7-13/h2-8,10-11H,9H2,1H3,(H,20,21). The Hall–Kier alpha value is -1.97. The summed E-state index contributed by atoms with van der Waals surface area (Å²) in [7, 11) is 0. The summed E-state index contributed by atoms with van der Waals surface area (Å²) < 4.78 is 5.52. The molecule has 0 fully saturated rings. The van der Waals surface area contributed by atoms with Crippen molar-refractivity contribution in [1.29, 1.82) is 0 Å². The summed E-state index contributed by atoms with van der Waals surface area (Å²) >= 11 is 12.0. The van der Waals surface area contributed by atoms with Gasteiger partial charge in [0.2, 0.25) is 5.91 Å². The molecule has 3 nitrogen and oxygen atoms in total. The second-order valence-electron chi connectivity index (χ2n) is 4.60. The van der Waals surface area contributed by atoms with Gasteiger partial charge in [-0.1, -0.05) is 41.4 Å². The molecule has 0 aromatic heterocycles. The van der Waals surface area contributed by atoms with E-state index in [0.717, 1.165) is 11.3 Å². The summed E-state index contributed by atoms with van der Waals surface area (Å²) in [5, 5.41) is 3.78. The second kappa shape index (κ2) is 7.87. The van der Waals surface area contributed by atoms with Crippen LogP contribution in [0.25, 0.3) is 0 Å². The number of halogens is 2. The first-order valence-corrected chi connectivity index (χ1v) is 7.43. The van der Waals surface area contributed by atoms with Gasteiger partial charge in [-0.15, -0.1) is 0 Å². The quantitative estimate of drug-likeness (QED) is 0.791. The Morgan fingerprint density at radius 1 is 1.18 bits per heavy atom.